The summed E-state index contributed by atoms with van der Waals surface area (Å²) in [6.45, 7) is 0.680. The maximum atomic E-state index is 12.6. The van der Waals surface area contributed by atoms with Crippen LogP contribution in [0.15, 0.2) is 54.6 Å². The SMILES string of the molecule is COCC(=O)N1CCc2cc(NC(=O)c3cc(Cc4ccccc4)[nH]n3)ccc21. The molecule has 7 nitrogen and oxygen atoms in total. The molecule has 3 aromatic rings. The van der Waals surface area contributed by atoms with Crippen molar-refractivity contribution in [1.82, 2.24) is 10.2 Å². The van der Waals surface area contributed by atoms with Crippen LogP contribution >= 0.6 is 0 Å². The Labute approximate surface area is 168 Å². The molecule has 29 heavy (non-hydrogen) atoms. The number of H-pyrrole nitrogens is 1. The van der Waals surface area contributed by atoms with Crippen LogP contribution in [0.4, 0.5) is 11.4 Å². The van der Waals surface area contributed by atoms with E-state index in [1.54, 1.807) is 17.0 Å². The summed E-state index contributed by atoms with van der Waals surface area (Å²) >= 11 is 0. The number of hydrogen-bond donors (Lipinski definition) is 2. The predicted octanol–water partition coefficient (Wildman–Crippen LogP) is 2.79. The van der Waals surface area contributed by atoms with Crippen molar-refractivity contribution in [3.63, 3.8) is 0 Å². The number of nitrogens with one attached hydrogen (secondary N) is 2. The highest BCUT2D eigenvalue weighted by Gasteiger charge is 2.24. The lowest BCUT2D eigenvalue weighted by Crippen LogP contribution is -2.31. The van der Waals surface area contributed by atoms with Crippen molar-refractivity contribution in [2.45, 2.75) is 12.8 Å². The lowest BCUT2D eigenvalue weighted by atomic mass is 10.1. The molecule has 1 aliphatic heterocycles. The third-order valence-electron chi connectivity index (χ3n) is 4.90. The number of hydrogen-bond acceptors (Lipinski definition) is 4. The number of rotatable bonds is 6. The van der Waals surface area contributed by atoms with E-state index in [9.17, 15) is 9.59 Å². The normalized spacial score (nSPS) is 12.7. The summed E-state index contributed by atoms with van der Waals surface area (Å²) in [5, 5.41) is 9.94. The Kier molecular flexibility index (Phi) is 5.39. The topological polar surface area (TPSA) is 87.3 Å². The number of carbonyl (C=O) groups excluding carboxylic acids is 2. The third kappa shape index (κ3) is 4.20. The first-order chi connectivity index (χ1) is 14.1. The zero-order valence-electron chi connectivity index (χ0n) is 16.1. The van der Waals surface area contributed by atoms with Crippen LogP contribution in [-0.4, -0.2) is 42.3 Å². The molecule has 2 N–H and O–H groups in total. The van der Waals surface area contributed by atoms with Gasteiger partial charge in [-0.3, -0.25) is 14.7 Å². The van der Waals surface area contributed by atoms with Crippen molar-refractivity contribution in [2.75, 3.05) is 30.5 Å². The molecule has 0 fully saturated rings. The molecule has 0 unspecified atom stereocenters. The summed E-state index contributed by atoms with van der Waals surface area (Å²) in [6, 6.07) is 17.3. The van der Waals surface area contributed by atoms with Crippen molar-refractivity contribution in [3.05, 3.63) is 77.1 Å². The Morgan fingerprint density at radius 2 is 2.00 bits per heavy atom. The van der Waals surface area contributed by atoms with Crippen molar-refractivity contribution < 1.29 is 14.3 Å². The van der Waals surface area contributed by atoms with Gasteiger partial charge in [0.05, 0.1) is 0 Å². The van der Waals surface area contributed by atoms with E-state index in [0.717, 1.165) is 28.9 Å². The summed E-state index contributed by atoms with van der Waals surface area (Å²) in [6.07, 6.45) is 1.43. The van der Waals surface area contributed by atoms with Gasteiger partial charge in [-0.05, 0) is 41.8 Å². The first-order valence-electron chi connectivity index (χ1n) is 9.46. The summed E-state index contributed by atoms with van der Waals surface area (Å²) < 4.78 is 4.94. The monoisotopic (exact) mass is 390 g/mol. The molecular formula is C22H22N4O3. The minimum Gasteiger partial charge on any atom is -0.375 e. The van der Waals surface area contributed by atoms with Crippen LogP contribution in [0.1, 0.15) is 27.3 Å². The van der Waals surface area contributed by atoms with Gasteiger partial charge in [0.1, 0.15) is 6.61 Å². The van der Waals surface area contributed by atoms with Crippen molar-refractivity contribution in [3.8, 4) is 0 Å². The number of fused-ring (bicyclic) bond motifs is 1. The van der Waals surface area contributed by atoms with E-state index in [1.165, 1.54) is 7.11 Å². The fraction of sp³-hybridized carbons (Fsp3) is 0.227. The van der Waals surface area contributed by atoms with Gasteiger partial charge in [0.15, 0.2) is 5.69 Å². The summed E-state index contributed by atoms with van der Waals surface area (Å²) in [7, 11) is 1.51. The minimum atomic E-state index is -0.272. The van der Waals surface area contributed by atoms with Gasteiger partial charge < -0.3 is 15.0 Å². The van der Waals surface area contributed by atoms with Crippen molar-refractivity contribution >= 4 is 23.2 Å². The van der Waals surface area contributed by atoms with Crippen LogP contribution in [0.3, 0.4) is 0 Å². The molecule has 148 valence electrons. The van der Waals surface area contributed by atoms with Crippen LogP contribution in [0, 0.1) is 0 Å². The van der Waals surface area contributed by atoms with Gasteiger partial charge in [-0.25, -0.2) is 0 Å². The second-order valence-electron chi connectivity index (χ2n) is 6.97. The maximum Gasteiger partial charge on any atom is 0.276 e. The Morgan fingerprint density at radius 1 is 1.17 bits per heavy atom. The van der Waals surface area contributed by atoms with E-state index in [2.05, 4.69) is 15.5 Å². The standard InChI is InChI=1S/C22H22N4O3/c1-29-14-21(27)26-10-9-16-12-17(7-8-20(16)26)23-22(28)19-13-18(24-25-19)11-15-5-3-2-4-6-15/h2-8,12-13H,9-11,14H2,1H3,(H,23,28)(H,24,25). The smallest absolute Gasteiger partial charge is 0.276 e. The molecule has 7 heteroatoms. The highest BCUT2D eigenvalue weighted by atomic mass is 16.5. The molecule has 0 spiro atoms. The fourth-order valence-corrected chi connectivity index (χ4v) is 3.52. The highest BCUT2D eigenvalue weighted by molar-refractivity contribution is 6.03. The predicted molar refractivity (Wildman–Crippen MR) is 110 cm³/mol. The van der Waals surface area contributed by atoms with E-state index in [-0.39, 0.29) is 18.4 Å². The average molecular weight is 390 g/mol. The zero-order chi connectivity index (χ0) is 20.2. The molecule has 2 amide bonds. The molecule has 0 saturated carbocycles. The number of aromatic amines is 1. The molecular weight excluding hydrogens is 368 g/mol. The van der Waals surface area contributed by atoms with Gasteiger partial charge in [0, 0.05) is 37.1 Å². The molecule has 2 aromatic carbocycles. The van der Waals surface area contributed by atoms with Crippen molar-refractivity contribution in [2.24, 2.45) is 0 Å². The average Bonchev–Trinajstić information content (AvgIpc) is 3.36. The summed E-state index contributed by atoms with van der Waals surface area (Å²) in [5.74, 6) is -0.337. The molecule has 1 aromatic heterocycles. The molecule has 0 bridgehead atoms. The van der Waals surface area contributed by atoms with Crippen LogP contribution in [0.5, 0.6) is 0 Å². The van der Waals surface area contributed by atoms with E-state index in [1.807, 2.05) is 42.5 Å². The molecule has 0 saturated heterocycles. The van der Waals surface area contributed by atoms with E-state index in [0.29, 0.717) is 24.3 Å². The Balaban J connectivity index is 1.42. The number of anilines is 2. The van der Waals surface area contributed by atoms with Gasteiger partial charge in [-0.15, -0.1) is 0 Å². The third-order valence-corrected chi connectivity index (χ3v) is 4.90. The number of benzene rings is 2. The molecule has 0 radical (unpaired) electrons. The second kappa shape index (κ2) is 8.28. The van der Waals surface area contributed by atoms with Crippen LogP contribution in [-0.2, 0) is 22.4 Å². The molecule has 2 heterocycles. The largest absolute Gasteiger partial charge is 0.375 e. The first kappa shape index (κ1) is 18.9. The van der Waals surface area contributed by atoms with Gasteiger partial charge >= 0.3 is 0 Å². The van der Waals surface area contributed by atoms with Gasteiger partial charge in [-0.2, -0.15) is 5.10 Å². The molecule has 0 atom stereocenters. The van der Waals surface area contributed by atoms with Gasteiger partial charge in [0.25, 0.3) is 11.8 Å². The lowest BCUT2D eigenvalue weighted by Gasteiger charge is -2.17. The first-order valence-corrected chi connectivity index (χ1v) is 9.46. The number of ether oxygens (including phenoxy) is 1. The maximum absolute atomic E-state index is 12.6. The van der Waals surface area contributed by atoms with E-state index >= 15 is 0 Å². The molecule has 4 rings (SSSR count). The Morgan fingerprint density at radius 3 is 2.79 bits per heavy atom. The second-order valence-corrected chi connectivity index (χ2v) is 6.97. The summed E-state index contributed by atoms with van der Waals surface area (Å²) in [4.78, 5) is 26.4. The zero-order valence-corrected chi connectivity index (χ0v) is 16.1. The van der Waals surface area contributed by atoms with Crippen LogP contribution in [0.25, 0.3) is 0 Å². The van der Waals surface area contributed by atoms with Gasteiger partial charge in [0.2, 0.25) is 0 Å². The quantitative estimate of drug-likeness (QED) is 0.678. The van der Waals surface area contributed by atoms with Crippen molar-refractivity contribution in [1.29, 1.82) is 0 Å². The van der Waals surface area contributed by atoms with Crippen LogP contribution in [0.2, 0.25) is 0 Å². The molecule has 0 aliphatic carbocycles. The number of methoxy groups -OCH3 is 1. The van der Waals surface area contributed by atoms with E-state index < -0.39 is 0 Å². The van der Waals surface area contributed by atoms with E-state index in [4.69, 9.17) is 4.74 Å². The number of carbonyl (C=O) groups is 2. The molecule has 1 aliphatic rings. The number of nitrogens with zero attached hydrogens (tertiary/aromatic N) is 2. The van der Waals surface area contributed by atoms with Crippen LogP contribution < -0.4 is 10.2 Å². The summed E-state index contributed by atoms with van der Waals surface area (Å²) in [5.41, 5.74) is 4.95. The highest BCUT2D eigenvalue weighted by Crippen LogP contribution is 2.30. The number of aromatic nitrogens is 2. The minimum absolute atomic E-state index is 0.0579. The Bertz CT molecular complexity index is 1030. The fourth-order valence-electron chi connectivity index (χ4n) is 3.52. The van der Waals surface area contributed by atoms with Gasteiger partial charge in [-0.1, -0.05) is 30.3 Å². The Hall–Kier alpha value is -3.45. The number of amides is 2. The lowest BCUT2D eigenvalue weighted by molar-refractivity contribution is -0.122.